The van der Waals surface area contributed by atoms with Gasteiger partial charge in [-0.05, 0) is 109 Å². The second-order valence-corrected chi connectivity index (χ2v) is 12.5. The van der Waals surface area contributed by atoms with Crippen LogP contribution in [0.15, 0.2) is 24.3 Å². The Morgan fingerprint density at radius 2 is 0.646 bits per heavy atom. The van der Waals surface area contributed by atoms with Crippen LogP contribution >= 0.6 is 0 Å². The highest BCUT2D eigenvalue weighted by Gasteiger charge is 2.31. The van der Waals surface area contributed by atoms with Crippen molar-refractivity contribution in [3.8, 4) is 24.3 Å². The van der Waals surface area contributed by atoms with Crippen LogP contribution in [-0.2, 0) is 25.7 Å². The third-order valence-electron chi connectivity index (χ3n) is 10.3. The molecule has 0 saturated heterocycles. The zero-order valence-corrected chi connectivity index (χ0v) is 29.1. The van der Waals surface area contributed by atoms with Crippen molar-refractivity contribution in [1.29, 1.82) is 21.0 Å². The summed E-state index contributed by atoms with van der Waals surface area (Å²) >= 11 is 0. The van der Waals surface area contributed by atoms with Crippen molar-refractivity contribution >= 4 is 0 Å². The van der Waals surface area contributed by atoms with E-state index in [4.69, 9.17) is 0 Å². The topological polar surface area (TPSA) is 158 Å². The van der Waals surface area contributed by atoms with Gasteiger partial charge in [0.25, 0.3) is 0 Å². The predicted molar refractivity (Wildman–Crippen MR) is 187 cm³/mol. The average Bonchev–Trinajstić information content (AvgIpc) is 3.81. The maximum Gasteiger partial charge on any atom is 0.121 e. The number of H-pyrrole nitrogens is 4. The van der Waals surface area contributed by atoms with Gasteiger partial charge in [-0.25, -0.2) is 0 Å². The first kappa shape index (κ1) is 33.7. The molecule has 242 valence electrons. The Labute approximate surface area is 283 Å². The summed E-state index contributed by atoms with van der Waals surface area (Å²) in [4.78, 5) is 13.8. The first-order valence-electron chi connectivity index (χ1n) is 16.7. The molecule has 0 atom stereocenters. The maximum absolute atomic E-state index is 9.98. The minimum absolute atomic E-state index is 0.273. The van der Waals surface area contributed by atoms with E-state index in [-0.39, 0.29) is 11.8 Å². The van der Waals surface area contributed by atoms with Gasteiger partial charge in [0, 0.05) is 22.8 Å². The minimum Gasteiger partial charge on any atom is -0.349 e. The van der Waals surface area contributed by atoms with E-state index >= 15 is 0 Å². The fraction of sp³-hybridized carbons (Fsp3) is 0.350. The van der Waals surface area contributed by atoms with Crippen LogP contribution in [0.2, 0.25) is 0 Å². The second-order valence-electron chi connectivity index (χ2n) is 12.5. The number of benzene rings is 1. The van der Waals surface area contributed by atoms with Crippen molar-refractivity contribution in [1.82, 2.24) is 19.9 Å². The van der Waals surface area contributed by atoms with Gasteiger partial charge in [0.1, 0.15) is 47.1 Å². The standard InChI is InChI=1S/C40H42N8/c1-9-27-21(5)37(45-31(27)17-41)35(38-22(6)28(10-2)32(18-42)46-38)25-13-15-26(16-14-25)36(39-23(7)29(11-3)33(19-43)47-39)40-24(8)30(12-4)34(20-44)48-40/h13-16,35-36,45-48H,9-12H2,1-8H3. The quantitative estimate of drug-likeness (QED) is 0.122. The van der Waals surface area contributed by atoms with Crippen molar-refractivity contribution in [3.63, 3.8) is 0 Å². The number of aromatic amines is 4. The molecule has 4 N–H and O–H groups in total. The number of hydrogen-bond acceptors (Lipinski definition) is 4. The number of nitriles is 4. The molecule has 0 aliphatic carbocycles. The summed E-state index contributed by atoms with van der Waals surface area (Å²) in [5.41, 5.74) is 16.2. The predicted octanol–water partition coefficient (Wildman–Crippen LogP) is 8.33. The van der Waals surface area contributed by atoms with Gasteiger partial charge >= 0.3 is 0 Å². The van der Waals surface area contributed by atoms with Gasteiger partial charge in [-0.1, -0.05) is 52.0 Å². The molecule has 1 aromatic carbocycles. The third kappa shape index (κ3) is 5.31. The number of nitrogens with zero attached hydrogens (tertiary/aromatic N) is 4. The van der Waals surface area contributed by atoms with E-state index in [9.17, 15) is 21.0 Å². The molecule has 8 heteroatoms. The Kier molecular flexibility index (Phi) is 9.52. The lowest BCUT2D eigenvalue weighted by Crippen LogP contribution is -2.10. The molecule has 0 amide bonds. The summed E-state index contributed by atoms with van der Waals surface area (Å²) in [6.45, 7) is 16.5. The van der Waals surface area contributed by atoms with E-state index in [1.165, 1.54) is 0 Å². The van der Waals surface area contributed by atoms with E-state index in [2.05, 4.69) is 124 Å². The van der Waals surface area contributed by atoms with Crippen LogP contribution in [0.1, 0.15) is 141 Å². The van der Waals surface area contributed by atoms with Crippen LogP contribution in [0.4, 0.5) is 0 Å². The van der Waals surface area contributed by atoms with Crippen molar-refractivity contribution in [3.05, 3.63) is 125 Å². The summed E-state index contributed by atoms with van der Waals surface area (Å²) in [6, 6.07) is 17.9. The van der Waals surface area contributed by atoms with Crippen LogP contribution in [0.5, 0.6) is 0 Å². The monoisotopic (exact) mass is 634 g/mol. The van der Waals surface area contributed by atoms with E-state index in [0.717, 1.165) is 104 Å². The van der Waals surface area contributed by atoms with Gasteiger partial charge < -0.3 is 19.9 Å². The van der Waals surface area contributed by atoms with Gasteiger partial charge in [0.2, 0.25) is 0 Å². The molecule has 5 aromatic rings. The van der Waals surface area contributed by atoms with Crippen LogP contribution in [0.25, 0.3) is 0 Å². The molecule has 5 rings (SSSR count). The number of hydrogen-bond donors (Lipinski definition) is 4. The molecule has 0 aliphatic heterocycles. The Hall–Kier alpha value is -5.70. The second kappa shape index (κ2) is 13.6. The normalized spacial score (nSPS) is 11.1. The summed E-state index contributed by atoms with van der Waals surface area (Å²) in [5, 5.41) is 39.9. The Morgan fingerprint density at radius 1 is 0.438 bits per heavy atom. The van der Waals surface area contributed by atoms with Gasteiger partial charge in [-0.2, -0.15) is 21.0 Å². The SMILES string of the molecule is CCc1c(C#N)[nH]c(C(c2ccc(C(c3[nH]c(C#N)c(CC)c3C)c3[nH]c(C#N)c(CC)c3C)cc2)c2[nH]c(C#N)c(CC)c2C)c1C. The Morgan fingerprint density at radius 3 is 0.792 bits per heavy atom. The Bertz CT molecular complexity index is 1880. The molecule has 0 radical (unpaired) electrons. The zero-order chi connectivity index (χ0) is 34.9. The van der Waals surface area contributed by atoms with Crippen LogP contribution in [0.3, 0.4) is 0 Å². The molecule has 0 aliphatic rings. The van der Waals surface area contributed by atoms with E-state index in [1.54, 1.807) is 0 Å². The highest BCUT2D eigenvalue weighted by atomic mass is 14.8. The lowest BCUT2D eigenvalue weighted by atomic mass is 9.84. The molecule has 8 nitrogen and oxygen atoms in total. The third-order valence-corrected chi connectivity index (χ3v) is 10.3. The smallest absolute Gasteiger partial charge is 0.121 e. The van der Waals surface area contributed by atoms with Crippen molar-refractivity contribution < 1.29 is 0 Å². The molecule has 0 saturated carbocycles. The molecule has 48 heavy (non-hydrogen) atoms. The molecule has 4 aromatic heterocycles. The van der Waals surface area contributed by atoms with Gasteiger partial charge in [-0.3, -0.25) is 0 Å². The van der Waals surface area contributed by atoms with Crippen LogP contribution in [0, 0.1) is 73.0 Å². The van der Waals surface area contributed by atoms with Crippen molar-refractivity contribution in [2.24, 2.45) is 0 Å². The van der Waals surface area contributed by atoms with E-state index in [1.807, 2.05) is 0 Å². The molecule has 0 fully saturated rings. The number of rotatable bonds is 10. The molecule has 0 unspecified atom stereocenters. The summed E-state index contributed by atoms with van der Waals surface area (Å²) in [5.74, 6) is -0.545. The van der Waals surface area contributed by atoms with Gasteiger partial charge in [0.15, 0.2) is 0 Å². The number of aromatic nitrogens is 4. The minimum atomic E-state index is -0.273. The summed E-state index contributed by atoms with van der Waals surface area (Å²) in [6.07, 6.45) is 2.91. The van der Waals surface area contributed by atoms with E-state index in [0.29, 0.717) is 22.8 Å². The van der Waals surface area contributed by atoms with Gasteiger partial charge in [0.05, 0.1) is 11.8 Å². The molecule has 0 bridgehead atoms. The fourth-order valence-electron chi connectivity index (χ4n) is 7.76. The molecular weight excluding hydrogens is 592 g/mol. The van der Waals surface area contributed by atoms with Gasteiger partial charge in [-0.15, -0.1) is 0 Å². The first-order chi connectivity index (χ1) is 23.1. The Balaban J connectivity index is 1.76. The highest BCUT2D eigenvalue weighted by Crippen LogP contribution is 2.41. The zero-order valence-electron chi connectivity index (χ0n) is 29.1. The maximum atomic E-state index is 9.98. The molecular formula is C40H42N8. The lowest BCUT2D eigenvalue weighted by Gasteiger charge is -2.22. The molecule has 0 spiro atoms. The lowest BCUT2D eigenvalue weighted by molar-refractivity contribution is 0.857. The summed E-state index contributed by atoms with van der Waals surface area (Å²) in [7, 11) is 0. The summed E-state index contributed by atoms with van der Waals surface area (Å²) < 4.78 is 0. The van der Waals surface area contributed by atoms with Crippen LogP contribution < -0.4 is 0 Å². The van der Waals surface area contributed by atoms with E-state index < -0.39 is 0 Å². The van der Waals surface area contributed by atoms with Crippen LogP contribution in [-0.4, -0.2) is 19.9 Å². The van der Waals surface area contributed by atoms with Crippen molar-refractivity contribution in [2.45, 2.75) is 92.9 Å². The fourth-order valence-corrected chi connectivity index (χ4v) is 7.76. The largest absolute Gasteiger partial charge is 0.349 e. The number of nitrogens with one attached hydrogen (secondary N) is 4. The first-order valence-corrected chi connectivity index (χ1v) is 16.7. The van der Waals surface area contributed by atoms with Crippen molar-refractivity contribution in [2.75, 3.05) is 0 Å². The highest BCUT2D eigenvalue weighted by molar-refractivity contribution is 5.57. The molecule has 4 heterocycles. The average molecular weight is 635 g/mol.